The van der Waals surface area contributed by atoms with Crippen LogP contribution in [0.15, 0.2) is 0 Å². The van der Waals surface area contributed by atoms with E-state index in [1.807, 2.05) is 0 Å². The average molecular weight is 243 g/mol. The molecule has 1 aliphatic heterocycles. The van der Waals surface area contributed by atoms with Crippen molar-refractivity contribution in [2.24, 2.45) is 11.8 Å². The van der Waals surface area contributed by atoms with E-state index in [1.54, 1.807) is 0 Å². The molecular weight excluding hydrogens is 222 g/mol. The van der Waals surface area contributed by atoms with Crippen LogP contribution in [0.1, 0.15) is 33.1 Å². The molecule has 1 rings (SSSR count). The van der Waals surface area contributed by atoms with Gasteiger partial charge in [-0.25, -0.2) is 0 Å². The highest BCUT2D eigenvalue weighted by Crippen LogP contribution is 2.26. The van der Waals surface area contributed by atoms with Crippen LogP contribution in [-0.2, 0) is 9.59 Å². The van der Waals surface area contributed by atoms with Crippen LogP contribution in [0.25, 0.3) is 0 Å². The van der Waals surface area contributed by atoms with E-state index in [2.05, 4.69) is 18.7 Å². The fourth-order valence-electron chi connectivity index (χ4n) is 2.52. The van der Waals surface area contributed by atoms with E-state index < -0.39 is 23.8 Å². The van der Waals surface area contributed by atoms with Gasteiger partial charge in [-0.15, -0.1) is 0 Å². The minimum absolute atomic E-state index is 0.330. The molecule has 0 aromatic heterocycles. The van der Waals surface area contributed by atoms with E-state index in [1.165, 1.54) is 0 Å². The topological polar surface area (TPSA) is 77.8 Å². The smallest absolute Gasteiger partial charge is 0.308 e. The summed E-state index contributed by atoms with van der Waals surface area (Å²) in [6.45, 7) is 5.20. The highest BCUT2D eigenvalue weighted by atomic mass is 16.4. The van der Waals surface area contributed by atoms with E-state index in [0.29, 0.717) is 25.6 Å². The normalized spacial score (nSPS) is 27.6. The minimum atomic E-state index is -0.995. The van der Waals surface area contributed by atoms with Crippen molar-refractivity contribution in [3.8, 4) is 0 Å². The first kappa shape index (κ1) is 14.0. The van der Waals surface area contributed by atoms with Crippen molar-refractivity contribution in [1.29, 1.82) is 0 Å². The molecule has 1 heterocycles. The quantitative estimate of drug-likeness (QED) is 0.760. The third-order valence-corrected chi connectivity index (χ3v) is 3.61. The monoisotopic (exact) mass is 243 g/mol. The summed E-state index contributed by atoms with van der Waals surface area (Å²) in [6.07, 6.45) is 2.50. The van der Waals surface area contributed by atoms with Gasteiger partial charge in [0.05, 0.1) is 11.8 Å². The molecular formula is C12H21NO4. The molecule has 0 aromatic rings. The highest BCUT2D eigenvalue weighted by molar-refractivity contribution is 5.80. The Labute approximate surface area is 101 Å². The predicted molar refractivity (Wildman–Crippen MR) is 62.8 cm³/mol. The Balaban J connectivity index is 2.68. The molecule has 3 atom stereocenters. The largest absolute Gasteiger partial charge is 0.481 e. The average Bonchev–Trinajstić information content (AvgIpc) is 2.28. The van der Waals surface area contributed by atoms with Gasteiger partial charge in [0, 0.05) is 12.6 Å². The van der Waals surface area contributed by atoms with Crippen LogP contribution in [0.2, 0.25) is 0 Å². The number of likely N-dealkylation sites (tertiary alicyclic amines) is 1. The van der Waals surface area contributed by atoms with Gasteiger partial charge in [-0.2, -0.15) is 0 Å². The summed E-state index contributed by atoms with van der Waals surface area (Å²) in [4.78, 5) is 24.2. The molecule has 0 spiro atoms. The standard InChI is InChI=1S/C12H21NO4/c1-3-4-8(2)13-6-5-9(11(14)15)10(7-13)12(16)17/h8-10H,3-7H2,1-2H3,(H,14,15)(H,16,17). The van der Waals surface area contributed by atoms with Crippen LogP contribution in [0.5, 0.6) is 0 Å². The van der Waals surface area contributed by atoms with Crippen molar-refractivity contribution in [3.63, 3.8) is 0 Å². The molecule has 0 radical (unpaired) electrons. The first-order chi connectivity index (χ1) is 7.97. The molecule has 3 unspecified atom stereocenters. The van der Waals surface area contributed by atoms with Crippen molar-refractivity contribution in [3.05, 3.63) is 0 Å². The third kappa shape index (κ3) is 3.43. The minimum Gasteiger partial charge on any atom is -0.481 e. The Morgan fingerprint density at radius 2 is 1.88 bits per heavy atom. The van der Waals surface area contributed by atoms with Gasteiger partial charge in [0.2, 0.25) is 0 Å². The van der Waals surface area contributed by atoms with Crippen molar-refractivity contribution in [1.82, 2.24) is 4.90 Å². The summed E-state index contributed by atoms with van der Waals surface area (Å²) < 4.78 is 0. The van der Waals surface area contributed by atoms with Gasteiger partial charge in [0.25, 0.3) is 0 Å². The maximum absolute atomic E-state index is 11.1. The molecule has 1 saturated heterocycles. The second-order valence-corrected chi connectivity index (χ2v) is 4.81. The van der Waals surface area contributed by atoms with E-state index in [0.717, 1.165) is 12.8 Å². The number of hydrogen-bond donors (Lipinski definition) is 2. The van der Waals surface area contributed by atoms with Gasteiger partial charge in [0.15, 0.2) is 0 Å². The highest BCUT2D eigenvalue weighted by Gasteiger charge is 2.39. The molecule has 0 aliphatic carbocycles. The second kappa shape index (κ2) is 6.00. The molecule has 17 heavy (non-hydrogen) atoms. The Morgan fingerprint density at radius 1 is 1.29 bits per heavy atom. The molecule has 98 valence electrons. The lowest BCUT2D eigenvalue weighted by atomic mass is 9.85. The fourth-order valence-corrected chi connectivity index (χ4v) is 2.52. The van der Waals surface area contributed by atoms with E-state index in [-0.39, 0.29) is 0 Å². The predicted octanol–water partition coefficient (Wildman–Crippen LogP) is 1.28. The summed E-state index contributed by atoms with van der Waals surface area (Å²) in [6, 6.07) is 0.330. The molecule has 5 nitrogen and oxygen atoms in total. The summed E-state index contributed by atoms with van der Waals surface area (Å²) in [7, 11) is 0. The Hall–Kier alpha value is -1.10. The van der Waals surface area contributed by atoms with Gasteiger partial charge in [-0.1, -0.05) is 13.3 Å². The Morgan fingerprint density at radius 3 is 2.35 bits per heavy atom. The number of carboxylic acid groups (broad SMARTS) is 2. The zero-order chi connectivity index (χ0) is 13.0. The summed E-state index contributed by atoms with van der Waals surface area (Å²) >= 11 is 0. The second-order valence-electron chi connectivity index (χ2n) is 4.81. The summed E-state index contributed by atoms with van der Waals surface area (Å²) in [5.41, 5.74) is 0. The number of piperidine rings is 1. The lowest BCUT2D eigenvalue weighted by Gasteiger charge is -2.38. The number of carbonyl (C=O) groups is 2. The van der Waals surface area contributed by atoms with Gasteiger partial charge in [0.1, 0.15) is 0 Å². The first-order valence-corrected chi connectivity index (χ1v) is 6.17. The molecule has 0 bridgehead atoms. The van der Waals surface area contributed by atoms with Crippen LogP contribution in [0, 0.1) is 11.8 Å². The first-order valence-electron chi connectivity index (χ1n) is 6.17. The summed E-state index contributed by atoms with van der Waals surface area (Å²) in [5.74, 6) is -3.50. The molecule has 5 heteroatoms. The van der Waals surface area contributed by atoms with Crippen LogP contribution in [0.3, 0.4) is 0 Å². The van der Waals surface area contributed by atoms with Crippen LogP contribution in [0.4, 0.5) is 0 Å². The molecule has 1 fully saturated rings. The van der Waals surface area contributed by atoms with E-state index in [4.69, 9.17) is 10.2 Å². The van der Waals surface area contributed by atoms with Gasteiger partial charge >= 0.3 is 11.9 Å². The van der Waals surface area contributed by atoms with Gasteiger partial charge < -0.3 is 10.2 Å². The Bertz CT molecular complexity index is 292. The number of aliphatic carboxylic acids is 2. The van der Waals surface area contributed by atoms with E-state index in [9.17, 15) is 9.59 Å². The molecule has 0 saturated carbocycles. The molecule has 0 amide bonds. The number of carboxylic acids is 2. The summed E-state index contributed by atoms with van der Waals surface area (Å²) in [5, 5.41) is 18.1. The van der Waals surface area contributed by atoms with E-state index >= 15 is 0 Å². The van der Waals surface area contributed by atoms with Crippen LogP contribution >= 0.6 is 0 Å². The maximum Gasteiger partial charge on any atom is 0.308 e. The third-order valence-electron chi connectivity index (χ3n) is 3.61. The van der Waals surface area contributed by atoms with Crippen molar-refractivity contribution in [2.45, 2.75) is 39.2 Å². The zero-order valence-corrected chi connectivity index (χ0v) is 10.4. The lowest BCUT2D eigenvalue weighted by molar-refractivity contribution is -0.157. The SMILES string of the molecule is CCCC(C)N1CCC(C(=O)O)C(C(=O)O)C1. The molecule has 0 aromatic carbocycles. The van der Waals surface area contributed by atoms with Crippen molar-refractivity contribution in [2.75, 3.05) is 13.1 Å². The maximum atomic E-state index is 11.1. The number of hydrogen-bond acceptors (Lipinski definition) is 3. The number of nitrogens with zero attached hydrogens (tertiary/aromatic N) is 1. The van der Waals surface area contributed by atoms with Crippen molar-refractivity contribution < 1.29 is 19.8 Å². The van der Waals surface area contributed by atoms with Crippen LogP contribution in [-0.4, -0.2) is 46.2 Å². The van der Waals surface area contributed by atoms with Gasteiger partial charge in [-0.05, 0) is 26.3 Å². The molecule has 1 aliphatic rings. The van der Waals surface area contributed by atoms with Crippen LogP contribution < -0.4 is 0 Å². The zero-order valence-electron chi connectivity index (χ0n) is 10.4. The number of rotatable bonds is 5. The van der Waals surface area contributed by atoms with Gasteiger partial charge in [-0.3, -0.25) is 14.5 Å². The molecule has 2 N–H and O–H groups in total. The lowest BCUT2D eigenvalue weighted by Crippen LogP contribution is -2.49. The Kier molecular flexibility index (Phi) is 4.93. The fraction of sp³-hybridized carbons (Fsp3) is 0.833. The van der Waals surface area contributed by atoms with Crippen molar-refractivity contribution >= 4 is 11.9 Å².